The van der Waals surface area contributed by atoms with Crippen LogP contribution in [0.25, 0.3) is 0 Å². The maximum Gasteiger partial charge on any atom is 0.317 e. The number of ketones is 1. The van der Waals surface area contributed by atoms with Gasteiger partial charge >= 0.3 is 5.97 Å². The molecule has 0 aromatic carbocycles. The molecule has 0 amide bonds. The first-order valence-corrected chi connectivity index (χ1v) is 6.81. The summed E-state index contributed by atoms with van der Waals surface area (Å²) < 4.78 is 4.56. The third-order valence-electron chi connectivity index (χ3n) is 3.63. The summed E-state index contributed by atoms with van der Waals surface area (Å²) in [5.41, 5.74) is 0. The molecule has 1 aliphatic rings. The molecule has 0 aromatic heterocycles. The lowest BCUT2D eigenvalue weighted by Crippen LogP contribution is -2.23. The van der Waals surface area contributed by atoms with Crippen LogP contribution in [0.1, 0.15) is 45.4 Å². The van der Waals surface area contributed by atoms with Crippen LogP contribution in [-0.4, -0.2) is 30.1 Å². The predicted octanol–water partition coefficient (Wildman–Crippen LogP) is 1.70. The Morgan fingerprint density at radius 2 is 1.95 bits per heavy atom. The van der Waals surface area contributed by atoms with Crippen molar-refractivity contribution in [3.63, 3.8) is 0 Å². The average molecular weight is 266 g/mol. The van der Waals surface area contributed by atoms with Crippen molar-refractivity contribution in [3.8, 4) is 11.8 Å². The number of carbonyl (C=O) groups excluding carboxylic acids is 2. The third kappa shape index (κ3) is 5.04. The predicted molar refractivity (Wildman–Crippen MR) is 71.2 cm³/mol. The first kappa shape index (κ1) is 15.7. The molecule has 0 spiro atoms. The van der Waals surface area contributed by atoms with Crippen LogP contribution in [0, 0.1) is 23.7 Å². The molecule has 1 N–H and O–H groups in total. The Hall–Kier alpha value is -1.34. The second-order valence-electron chi connectivity index (χ2n) is 5.05. The summed E-state index contributed by atoms with van der Waals surface area (Å²) in [6.07, 6.45) is 4.98. The Bertz CT molecular complexity index is 371. The van der Waals surface area contributed by atoms with Gasteiger partial charge in [0.05, 0.1) is 7.11 Å². The van der Waals surface area contributed by atoms with Crippen LogP contribution in [0.15, 0.2) is 0 Å². The fourth-order valence-electron chi connectivity index (χ4n) is 2.37. The summed E-state index contributed by atoms with van der Waals surface area (Å²) in [5.74, 6) is 4.10. The van der Waals surface area contributed by atoms with Gasteiger partial charge in [-0.1, -0.05) is 31.1 Å². The van der Waals surface area contributed by atoms with Gasteiger partial charge in [-0.25, -0.2) is 0 Å². The molecule has 0 saturated heterocycles. The molecule has 4 nitrogen and oxygen atoms in total. The number of hydrogen-bond donors (Lipinski definition) is 1. The fraction of sp³-hybridized carbons (Fsp3) is 0.733. The SMILES string of the molecule is COC(=O)C(CC#CC(O)C1CCCCC1)C(C)=O. The highest BCUT2D eigenvalue weighted by Gasteiger charge is 2.23. The van der Waals surface area contributed by atoms with Gasteiger partial charge in [0, 0.05) is 6.42 Å². The van der Waals surface area contributed by atoms with Crippen molar-refractivity contribution in [1.82, 2.24) is 0 Å². The van der Waals surface area contributed by atoms with Crippen molar-refractivity contribution in [2.75, 3.05) is 7.11 Å². The summed E-state index contributed by atoms with van der Waals surface area (Å²) in [6.45, 7) is 1.35. The highest BCUT2D eigenvalue weighted by atomic mass is 16.5. The van der Waals surface area contributed by atoms with Crippen LogP contribution in [0.3, 0.4) is 0 Å². The van der Waals surface area contributed by atoms with Crippen LogP contribution in [-0.2, 0) is 14.3 Å². The number of methoxy groups -OCH3 is 1. The van der Waals surface area contributed by atoms with Gasteiger partial charge in [0.15, 0.2) is 0 Å². The lowest BCUT2D eigenvalue weighted by atomic mass is 9.85. The van der Waals surface area contributed by atoms with E-state index in [1.165, 1.54) is 20.5 Å². The van der Waals surface area contributed by atoms with Gasteiger partial charge in [0.2, 0.25) is 0 Å². The van der Waals surface area contributed by atoms with Crippen LogP contribution >= 0.6 is 0 Å². The molecule has 0 heterocycles. The number of aliphatic hydroxyl groups excluding tert-OH is 1. The summed E-state index contributed by atoms with van der Waals surface area (Å²) >= 11 is 0. The number of rotatable bonds is 4. The van der Waals surface area contributed by atoms with E-state index < -0.39 is 18.0 Å². The maximum atomic E-state index is 11.4. The molecule has 106 valence electrons. The van der Waals surface area contributed by atoms with E-state index in [2.05, 4.69) is 16.6 Å². The van der Waals surface area contributed by atoms with E-state index in [-0.39, 0.29) is 18.1 Å². The van der Waals surface area contributed by atoms with Gasteiger partial charge in [-0.05, 0) is 25.7 Å². The standard InChI is InChI=1S/C15H22O4/c1-11(16)13(15(18)19-2)9-6-10-14(17)12-7-4-3-5-8-12/h12-14,17H,3-5,7-9H2,1-2H3. The first-order chi connectivity index (χ1) is 9.06. The molecular formula is C15H22O4. The van der Waals surface area contributed by atoms with Crippen LogP contribution < -0.4 is 0 Å². The number of esters is 1. The Balaban J connectivity index is 2.51. The minimum absolute atomic E-state index is 0.117. The normalized spacial score (nSPS) is 18.9. The van der Waals surface area contributed by atoms with Gasteiger partial charge in [-0.2, -0.15) is 0 Å². The van der Waals surface area contributed by atoms with Gasteiger partial charge < -0.3 is 9.84 Å². The zero-order valence-corrected chi connectivity index (χ0v) is 11.6. The molecular weight excluding hydrogens is 244 g/mol. The molecule has 1 fully saturated rings. The number of ether oxygens (including phenoxy) is 1. The average Bonchev–Trinajstić information content (AvgIpc) is 2.43. The third-order valence-corrected chi connectivity index (χ3v) is 3.63. The molecule has 0 aromatic rings. The minimum Gasteiger partial charge on any atom is -0.468 e. The topological polar surface area (TPSA) is 63.6 Å². The van der Waals surface area contributed by atoms with E-state index in [1.807, 2.05) is 0 Å². The summed E-state index contributed by atoms with van der Waals surface area (Å²) in [7, 11) is 1.25. The second-order valence-corrected chi connectivity index (χ2v) is 5.05. The molecule has 0 aliphatic heterocycles. The molecule has 1 saturated carbocycles. The van der Waals surface area contributed by atoms with E-state index in [0.29, 0.717) is 0 Å². The summed E-state index contributed by atoms with van der Waals surface area (Å²) in [5, 5.41) is 9.95. The zero-order chi connectivity index (χ0) is 14.3. The van der Waals surface area contributed by atoms with Gasteiger partial charge in [-0.3, -0.25) is 9.59 Å². The van der Waals surface area contributed by atoms with Crippen molar-refractivity contribution in [3.05, 3.63) is 0 Å². The molecule has 0 bridgehead atoms. The van der Waals surface area contributed by atoms with E-state index in [0.717, 1.165) is 25.7 Å². The minimum atomic E-state index is -0.837. The monoisotopic (exact) mass is 266 g/mol. The van der Waals surface area contributed by atoms with Crippen molar-refractivity contribution in [2.45, 2.75) is 51.6 Å². The first-order valence-electron chi connectivity index (χ1n) is 6.81. The lowest BCUT2D eigenvalue weighted by molar-refractivity contribution is -0.148. The van der Waals surface area contributed by atoms with Crippen LogP contribution in [0.5, 0.6) is 0 Å². The van der Waals surface area contributed by atoms with E-state index in [1.54, 1.807) is 0 Å². The van der Waals surface area contributed by atoms with Gasteiger partial charge in [0.25, 0.3) is 0 Å². The fourth-order valence-corrected chi connectivity index (χ4v) is 2.37. The number of hydrogen-bond acceptors (Lipinski definition) is 4. The van der Waals surface area contributed by atoms with Crippen molar-refractivity contribution < 1.29 is 19.4 Å². The van der Waals surface area contributed by atoms with Gasteiger partial charge in [-0.15, -0.1) is 0 Å². The highest BCUT2D eigenvalue weighted by molar-refractivity contribution is 5.97. The molecule has 1 aliphatic carbocycles. The smallest absolute Gasteiger partial charge is 0.317 e. The van der Waals surface area contributed by atoms with Crippen LogP contribution in [0.4, 0.5) is 0 Å². The van der Waals surface area contributed by atoms with E-state index >= 15 is 0 Å². The van der Waals surface area contributed by atoms with Crippen molar-refractivity contribution in [2.24, 2.45) is 11.8 Å². The maximum absolute atomic E-state index is 11.4. The Kier molecular flexibility index (Phi) is 6.58. The van der Waals surface area contributed by atoms with Crippen molar-refractivity contribution >= 4 is 11.8 Å². The van der Waals surface area contributed by atoms with Gasteiger partial charge in [0.1, 0.15) is 17.8 Å². The van der Waals surface area contributed by atoms with Crippen LogP contribution in [0.2, 0.25) is 0 Å². The Morgan fingerprint density at radius 3 is 2.47 bits per heavy atom. The summed E-state index contributed by atoms with van der Waals surface area (Å²) in [6, 6.07) is 0. The molecule has 2 unspecified atom stereocenters. The molecule has 0 radical (unpaired) electrons. The quantitative estimate of drug-likeness (QED) is 0.478. The Labute approximate surface area is 114 Å². The largest absolute Gasteiger partial charge is 0.468 e. The molecule has 4 heteroatoms. The zero-order valence-electron chi connectivity index (χ0n) is 11.6. The number of carbonyl (C=O) groups is 2. The molecule has 1 rings (SSSR count). The van der Waals surface area contributed by atoms with Crippen molar-refractivity contribution in [1.29, 1.82) is 0 Å². The molecule has 2 atom stereocenters. The highest BCUT2D eigenvalue weighted by Crippen LogP contribution is 2.26. The molecule has 19 heavy (non-hydrogen) atoms. The second kappa shape index (κ2) is 7.96. The Morgan fingerprint density at radius 1 is 1.32 bits per heavy atom. The van der Waals surface area contributed by atoms with E-state index in [4.69, 9.17) is 0 Å². The summed E-state index contributed by atoms with van der Waals surface area (Å²) in [4.78, 5) is 22.6. The van der Waals surface area contributed by atoms with E-state index in [9.17, 15) is 14.7 Å². The number of aliphatic hydroxyl groups is 1. The lowest BCUT2D eigenvalue weighted by Gasteiger charge is -2.23. The number of Topliss-reactive ketones (excluding diaryl/α,β-unsaturated/α-hetero) is 1.